The molecule has 2 rings (SSSR count). The van der Waals surface area contributed by atoms with Crippen molar-refractivity contribution in [3.63, 3.8) is 0 Å². The Labute approximate surface area is 130 Å². The summed E-state index contributed by atoms with van der Waals surface area (Å²) >= 11 is 0. The van der Waals surface area contributed by atoms with E-state index in [9.17, 15) is 4.79 Å². The Kier molecular flexibility index (Phi) is 6.23. The van der Waals surface area contributed by atoms with E-state index < -0.39 is 0 Å². The molecule has 0 aliphatic carbocycles. The van der Waals surface area contributed by atoms with Gasteiger partial charge in [0.2, 0.25) is 0 Å². The van der Waals surface area contributed by atoms with Crippen LogP contribution >= 0.6 is 0 Å². The summed E-state index contributed by atoms with van der Waals surface area (Å²) < 4.78 is 5.61. The lowest BCUT2D eigenvalue weighted by Crippen LogP contribution is -2.37. The molecule has 0 fully saturated rings. The van der Waals surface area contributed by atoms with E-state index >= 15 is 0 Å². The molecule has 0 bridgehead atoms. The van der Waals surface area contributed by atoms with Crippen LogP contribution in [0, 0.1) is 0 Å². The minimum Gasteiger partial charge on any atom is -0.492 e. The lowest BCUT2D eigenvalue weighted by atomic mass is 10.2. The molecule has 0 radical (unpaired) electrons. The van der Waals surface area contributed by atoms with Gasteiger partial charge in [0.05, 0.1) is 6.54 Å². The van der Waals surface area contributed by atoms with Gasteiger partial charge < -0.3 is 15.4 Å². The highest BCUT2D eigenvalue weighted by molar-refractivity contribution is 5.73. The van der Waals surface area contributed by atoms with Gasteiger partial charge in [-0.3, -0.25) is 4.98 Å². The standard InChI is InChI=1S/C17H21N3O2/c1-2-14-4-3-5-16(12-14)22-11-10-19-17(21)20-13-15-6-8-18-9-7-15/h3-9,12H,2,10-11,13H2,1H3,(H2,19,20,21). The zero-order valence-electron chi connectivity index (χ0n) is 12.7. The number of pyridine rings is 1. The van der Waals surface area contributed by atoms with Crippen molar-refractivity contribution in [2.75, 3.05) is 13.2 Å². The molecular formula is C17H21N3O2. The van der Waals surface area contributed by atoms with Crippen molar-refractivity contribution in [1.29, 1.82) is 0 Å². The molecule has 0 saturated heterocycles. The van der Waals surface area contributed by atoms with E-state index in [1.807, 2.05) is 30.3 Å². The second-order valence-electron chi connectivity index (χ2n) is 4.81. The van der Waals surface area contributed by atoms with E-state index in [0.717, 1.165) is 17.7 Å². The van der Waals surface area contributed by atoms with Gasteiger partial charge in [0.25, 0.3) is 0 Å². The van der Waals surface area contributed by atoms with Gasteiger partial charge in [-0.25, -0.2) is 4.79 Å². The van der Waals surface area contributed by atoms with E-state index in [2.05, 4.69) is 28.6 Å². The minimum absolute atomic E-state index is 0.206. The van der Waals surface area contributed by atoms with Gasteiger partial charge in [-0.15, -0.1) is 0 Å². The maximum Gasteiger partial charge on any atom is 0.315 e. The van der Waals surface area contributed by atoms with Crippen molar-refractivity contribution < 1.29 is 9.53 Å². The number of hydrogen-bond acceptors (Lipinski definition) is 3. The summed E-state index contributed by atoms with van der Waals surface area (Å²) in [6, 6.07) is 11.5. The fourth-order valence-corrected chi connectivity index (χ4v) is 1.93. The van der Waals surface area contributed by atoms with Crippen LogP contribution in [-0.2, 0) is 13.0 Å². The van der Waals surface area contributed by atoms with E-state index in [0.29, 0.717) is 19.7 Å². The maximum absolute atomic E-state index is 11.6. The Morgan fingerprint density at radius 2 is 1.95 bits per heavy atom. The van der Waals surface area contributed by atoms with Crippen LogP contribution in [0.5, 0.6) is 5.75 Å². The minimum atomic E-state index is -0.206. The molecule has 0 unspecified atom stereocenters. The van der Waals surface area contributed by atoms with Crippen LogP contribution in [0.2, 0.25) is 0 Å². The second-order valence-corrected chi connectivity index (χ2v) is 4.81. The number of aromatic nitrogens is 1. The van der Waals surface area contributed by atoms with Gasteiger partial charge >= 0.3 is 6.03 Å². The predicted octanol–water partition coefficient (Wildman–Crippen LogP) is 2.52. The van der Waals surface area contributed by atoms with Crippen molar-refractivity contribution in [2.24, 2.45) is 0 Å². The molecule has 1 heterocycles. The number of nitrogens with one attached hydrogen (secondary N) is 2. The molecule has 1 aromatic heterocycles. The number of ether oxygens (including phenoxy) is 1. The van der Waals surface area contributed by atoms with Crippen LogP contribution in [0.4, 0.5) is 4.79 Å². The molecule has 1 aromatic carbocycles. The van der Waals surface area contributed by atoms with Gasteiger partial charge in [0.15, 0.2) is 0 Å². The van der Waals surface area contributed by atoms with E-state index in [1.54, 1.807) is 12.4 Å². The van der Waals surface area contributed by atoms with Crippen molar-refractivity contribution >= 4 is 6.03 Å². The fraction of sp³-hybridized carbons (Fsp3) is 0.294. The Balaban J connectivity index is 1.62. The number of aryl methyl sites for hydroxylation is 1. The number of hydrogen-bond donors (Lipinski definition) is 2. The molecule has 2 amide bonds. The SMILES string of the molecule is CCc1cccc(OCCNC(=O)NCc2ccncc2)c1. The summed E-state index contributed by atoms with van der Waals surface area (Å²) in [5.74, 6) is 0.832. The topological polar surface area (TPSA) is 63.2 Å². The third-order valence-electron chi connectivity index (χ3n) is 3.17. The molecule has 0 atom stereocenters. The van der Waals surface area contributed by atoms with Crippen LogP contribution < -0.4 is 15.4 Å². The number of nitrogens with zero attached hydrogens (tertiary/aromatic N) is 1. The highest BCUT2D eigenvalue weighted by atomic mass is 16.5. The summed E-state index contributed by atoms with van der Waals surface area (Å²) in [6.45, 7) is 3.48. The number of amides is 2. The Bertz CT molecular complexity index is 587. The predicted molar refractivity (Wildman–Crippen MR) is 85.8 cm³/mol. The molecule has 2 N–H and O–H groups in total. The monoisotopic (exact) mass is 299 g/mol. The van der Waals surface area contributed by atoms with Crippen LogP contribution in [0.25, 0.3) is 0 Å². The smallest absolute Gasteiger partial charge is 0.315 e. The molecule has 5 heteroatoms. The van der Waals surface area contributed by atoms with E-state index in [4.69, 9.17) is 4.74 Å². The molecule has 2 aromatic rings. The highest BCUT2D eigenvalue weighted by Crippen LogP contribution is 2.13. The fourth-order valence-electron chi connectivity index (χ4n) is 1.93. The van der Waals surface area contributed by atoms with Crippen molar-refractivity contribution in [2.45, 2.75) is 19.9 Å². The number of urea groups is 1. The average Bonchev–Trinajstić information content (AvgIpc) is 2.58. The molecule has 0 aliphatic heterocycles. The first-order valence-electron chi connectivity index (χ1n) is 7.40. The molecule has 22 heavy (non-hydrogen) atoms. The summed E-state index contributed by atoms with van der Waals surface area (Å²) in [4.78, 5) is 15.6. The lowest BCUT2D eigenvalue weighted by Gasteiger charge is -2.09. The van der Waals surface area contributed by atoms with Crippen LogP contribution in [0.3, 0.4) is 0 Å². The van der Waals surface area contributed by atoms with Gasteiger partial charge in [-0.2, -0.15) is 0 Å². The molecule has 0 saturated carbocycles. The van der Waals surface area contributed by atoms with Gasteiger partial charge in [0.1, 0.15) is 12.4 Å². The van der Waals surface area contributed by atoms with Gasteiger partial charge in [-0.1, -0.05) is 19.1 Å². The van der Waals surface area contributed by atoms with E-state index in [-0.39, 0.29) is 6.03 Å². The lowest BCUT2D eigenvalue weighted by molar-refractivity contribution is 0.236. The van der Waals surface area contributed by atoms with Crippen LogP contribution in [0.15, 0.2) is 48.8 Å². The third kappa shape index (κ3) is 5.44. The first-order valence-corrected chi connectivity index (χ1v) is 7.40. The van der Waals surface area contributed by atoms with Gasteiger partial charge in [0, 0.05) is 18.9 Å². The highest BCUT2D eigenvalue weighted by Gasteiger charge is 2.00. The zero-order chi connectivity index (χ0) is 15.6. The van der Waals surface area contributed by atoms with Crippen molar-refractivity contribution in [1.82, 2.24) is 15.6 Å². The number of benzene rings is 1. The Hall–Kier alpha value is -2.56. The molecule has 0 aliphatic rings. The maximum atomic E-state index is 11.6. The normalized spacial score (nSPS) is 10.0. The summed E-state index contributed by atoms with van der Waals surface area (Å²) in [7, 11) is 0. The first kappa shape index (κ1) is 15.8. The Morgan fingerprint density at radius 1 is 1.14 bits per heavy atom. The number of carbonyl (C=O) groups excluding carboxylic acids is 1. The molecule has 0 spiro atoms. The largest absolute Gasteiger partial charge is 0.492 e. The van der Waals surface area contributed by atoms with Crippen molar-refractivity contribution in [3.05, 3.63) is 59.9 Å². The molecular weight excluding hydrogens is 278 g/mol. The third-order valence-corrected chi connectivity index (χ3v) is 3.17. The molecule has 116 valence electrons. The summed E-state index contributed by atoms with van der Waals surface area (Å²) in [5, 5.41) is 5.54. The average molecular weight is 299 g/mol. The van der Waals surface area contributed by atoms with Crippen LogP contribution in [-0.4, -0.2) is 24.2 Å². The quantitative estimate of drug-likeness (QED) is 0.772. The first-order chi connectivity index (χ1) is 10.8. The summed E-state index contributed by atoms with van der Waals surface area (Å²) in [6.07, 6.45) is 4.38. The van der Waals surface area contributed by atoms with E-state index in [1.165, 1.54) is 5.56 Å². The Morgan fingerprint density at radius 3 is 2.73 bits per heavy atom. The number of rotatable bonds is 7. The van der Waals surface area contributed by atoms with Gasteiger partial charge in [-0.05, 0) is 41.8 Å². The summed E-state index contributed by atoms with van der Waals surface area (Å²) in [5.41, 5.74) is 2.25. The zero-order valence-corrected chi connectivity index (χ0v) is 12.7. The van der Waals surface area contributed by atoms with Crippen molar-refractivity contribution in [3.8, 4) is 5.75 Å². The van der Waals surface area contributed by atoms with Crippen LogP contribution in [0.1, 0.15) is 18.1 Å². The molecule has 5 nitrogen and oxygen atoms in total. The number of carbonyl (C=O) groups is 1. The second kappa shape index (κ2) is 8.67.